The van der Waals surface area contributed by atoms with E-state index in [0.717, 1.165) is 22.4 Å². The van der Waals surface area contributed by atoms with Crippen molar-refractivity contribution in [2.24, 2.45) is 0 Å². The molecule has 0 aliphatic rings. The minimum Gasteiger partial charge on any atom is -0.496 e. The number of benzene rings is 2. The van der Waals surface area contributed by atoms with Crippen LogP contribution in [0.2, 0.25) is 0 Å². The van der Waals surface area contributed by atoms with Crippen molar-refractivity contribution in [1.82, 2.24) is 0 Å². The van der Waals surface area contributed by atoms with Gasteiger partial charge in [0.05, 0.1) is 7.11 Å². The van der Waals surface area contributed by atoms with E-state index in [1.807, 2.05) is 25.1 Å². The van der Waals surface area contributed by atoms with Crippen LogP contribution in [0.3, 0.4) is 0 Å². The molecule has 2 aromatic carbocycles. The van der Waals surface area contributed by atoms with Gasteiger partial charge in [-0.3, -0.25) is 0 Å². The van der Waals surface area contributed by atoms with E-state index in [1.54, 1.807) is 19.2 Å². The van der Waals surface area contributed by atoms with Gasteiger partial charge in [-0.15, -0.1) is 13.2 Å². The molecule has 0 fully saturated rings. The van der Waals surface area contributed by atoms with Gasteiger partial charge in [-0.2, -0.15) is 0 Å². The summed E-state index contributed by atoms with van der Waals surface area (Å²) in [5.41, 5.74) is 2.65. The lowest BCUT2D eigenvalue weighted by Crippen LogP contribution is -2.16. The van der Waals surface area contributed by atoms with Gasteiger partial charge in [0.2, 0.25) is 0 Å². The Hall–Kier alpha value is -2.17. The summed E-state index contributed by atoms with van der Waals surface area (Å²) in [7, 11) is 1.58. The molecule has 106 valence electrons. The third-order valence-corrected chi connectivity index (χ3v) is 2.83. The Balaban J connectivity index is 2.26. The normalized spacial score (nSPS) is 11.2. The average Bonchev–Trinajstić information content (AvgIpc) is 2.38. The average molecular weight is 282 g/mol. The Kier molecular flexibility index (Phi) is 3.88. The highest BCUT2D eigenvalue weighted by Gasteiger charge is 2.30. The summed E-state index contributed by atoms with van der Waals surface area (Å²) in [6.07, 6.45) is -4.67. The Labute approximate surface area is 114 Å². The SMILES string of the molecule is COc1cc(-c2ccc(OC(F)(F)F)cc2)ccc1C. The molecule has 0 atom stereocenters. The van der Waals surface area contributed by atoms with Gasteiger partial charge in [-0.05, 0) is 41.8 Å². The van der Waals surface area contributed by atoms with Gasteiger partial charge < -0.3 is 9.47 Å². The standard InChI is InChI=1S/C15H13F3O2/c1-10-3-4-12(9-14(10)19-2)11-5-7-13(8-6-11)20-15(16,17)18/h3-9H,1-2H3. The van der Waals surface area contributed by atoms with Crippen LogP contribution in [0.15, 0.2) is 42.5 Å². The fourth-order valence-electron chi connectivity index (χ4n) is 1.85. The van der Waals surface area contributed by atoms with Gasteiger partial charge in [0.25, 0.3) is 0 Å². The number of alkyl halides is 3. The molecule has 0 aromatic heterocycles. The molecule has 0 bridgehead atoms. The van der Waals surface area contributed by atoms with E-state index in [4.69, 9.17) is 4.74 Å². The van der Waals surface area contributed by atoms with Crippen molar-refractivity contribution in [1.29, 1.82) is 0 Å². The molecule has 0 saturated heterocycles. The van der Waals surface area contributed by atoms with Crippen LogP contribution in [0, 0.1) is 6.92 Å². The van der Waals surface area contributed by atoms with Crippen molar-refractivity contribution in [2.45, 2.75) is 13.3 Å². The smallest absolute Gasteiger partial charge is 0.496 e. The zero-order chi connectivity index (χ0) is 14.8. The molecule has 0 spiro atoms. The molecule has 0 saturated carbocycles. The van der Waals surface area contributed by atoms with E-state index >= 15 is 0 Å². The second-order valence-corrected chi connectivity index (χ2v) is 4.26. The van der Waals surface area contributed by atoms with E-state index in [9.17, 15) is 13.2 Å². The first-order chi connectivity index (χ1) is 9.39. The van der Waals surface area contributed by atoms with Crippen LogP contribution in [-0.4, -0.2) is 13.5 Å². The molecule has 0 aliphatic carbocycles. The van der Waals surface area contributed by atoms with E-state index in [0.29, 0.717) is 0 Å². The molecular formula is C15H13F3O2. The third kappa shape index (κ3) is 3.44. The number of rotatable bonds is 3. The molecule has 2 nitrogen and oxygen atoms in total. The first-order valence-electron chi connectivity index (χ1n) is 5.90. The second kappa shape index (κ2) is 5.45. The van der Waals surface area contributed by atoms with Crippen LogP contribution in [-0.2, 0) is 0 Å². The molecule has 20 heavy (non-hydrogen) atoms. The maximum atomic E-state index is 12.1. The van der Waals surface area contributed by atoms with Gasteiger partial charge in [-0.25, -0.2) is 0 Å². The lowest BCUT2D eigenvalue weighted by atomic mass is 10.0. The Bertz CT molecular complexity index is 589. The summed E-state index contributed by atoms with van der Waals surface area (Å²) in [5, 5.41) is 0. The summed E-state index contributed by atoms with van der Waals surface area (Å²) < 4.78 is 45.3. The second-order valence-electron chi connectivity index (χ2n) is 4.26. The van der Waals surface area contributed by atoms with Crippen LogP contribution in [0.4, 0.5) is 13.2 Å². The van der Waals surface area contributed by atoms with Crippen LogP contribution in [0.25, 0.3) is 11.1 Å². The highest BCUT2D eigenvalue weighted by Crippen LogP contribution is 2.29. The fraction of sp³-hybridized carbons (Fsp3) is 0.200. The monoisotopic (exact) mass is 282 g/mol. The quantitative estimate of drug-likeness (QED) is 0.821. The summed E-state index contributed by atoms with van der Waals surface area (Å²) in [6.45, 7) is 1.92. The minimum atomic E-state index is -4.67. The molecule has 0 heterocycles. The van der Waals surface area contributed by atoms with Gasteiger partial charge in [0.1, 0.15) is 11.5 Å². The largest absolute Gasteiger partial charge is 0.573 e. The highest BCUT2D eigenvalue weighted by molar-refractivity contribution is 5.66. The molecule has 0 radical (unpaired) electrons. The van der Waals surface area contributed by atoms with Crippen LogP contribution >= 0.6 is 0 Å². The molecule has 2 aromatic rings. The molecule has 0 N–H and O–H groups in total. The van der Waals surface area contributed by atoms with Gasteiger partial charge in [-0.1, -0.05) is 24.3 Å². The van der Waals surface area contributed by atoms with Crippen molar-refractivity contribution >= 4 is 0 Å². The molecule has 5 heteroatoms. The van der Waals surface area contributed by atoms with E-state index < -0.39 is 6.36 Å². The Morgan fingerprint density at radius 1 is 0.900 bits per heavy atom. The Morgan fingerprint density at radius 2 is 1.50 bits per heavy atom. The first-order valence-corrected chi connectivity index (χ1v) is 5.90. The maximum absolute atomic E-state index is 12.1. The number of methoxy groups -OCH3 is 1. The summed E-state index contributed by atoms with van der Waals surface area (Å²) in [4.78, 5) is 0. The summed E-state index contributed by atoms with van der Waals surface area (Å²) in [5.74, 6) is 0.499. The van der Waals surface area contributed by atoms with E-state index in [-0.39, 0.29) is 5.75 Å². The molecular weight excluding hydrogens is 269 g/mol. The van der Waals surface area contributed by atoms with Crippen molar-refractivity contribution < 1.29 is 22.6 Å². The van der Waals surface area contributed by atoms with Gasteiger partial charge >= 0.3 is 6.36 Å². The highest BCUT2D eigenvalue weighted by atomic mass is 19.4. The zero-order valence-corrected chi connectivity index (χ0v) is 11.0. The van der Waals surface area contributed by atoms with Gasteiger partial charge in [0, 0.05) is 0 Å². The van der Waals surface area contributed by atoms with Crippen LogP contribution < -0.4 is 9.47 Å². The molecule has 0 unspecified atom stereocenters. The van der Waals surface area contributed by atoms with E-state index in [1.165, 1.54) is 12.1 Å². The number of halogens is 3. The first kappa shape index (κ1) is 14.2. The number of hydrogen-bond acceptors (Lipinski definition) is 2. The Morgan fingerprint density at radius 3 is 2.05 bits per heavy atom. The maximum Gasteiger partial charge on any atom is 0.573 e. The molecule has 0 aliphatic heterocycles. The van der Waals surface area contributed by atoms with Crippen molar-refractivity contribution in [2.75, 3.05) is 7.11 Å². The van der Waals surface area contributed by atoms with Crippen LogP contribution in [0.5, 0.6) is 11.5 Å². The predicted molar refractivity (Wildman–Crippen MR) is 69.9 cm³/mol. The van der Waals surface area contributed by atoms with Crippen molar-refractivity contribution in [3.8, 4) is 22.6 Å². The van der Waals surface area contributed by atoms with Crippen LogP contribution in [0.1, 0.15) is 5.56 Å². The zero-order valence-electron chi connectivity index (χ0n) is 11.0. The molecule has 0 amide bonds. The predicted octanol–water partition coefficient (Wildman–Crippen LogP) is 4.57. The third-order valence-electron chi connectivity index (χ3n) is 2.83. The minimum absolute atomic E-state index is 0.236. The van der Waals surface area contributed by atoms with E-state index in [2.05, 4.69) is 4.74 Å². The lowest BCUT2D eigenvalue weighted by molar-refractivity contribution is -0.274. The summed E-state index contributed by atoms with van der Waals surface area (Å²) in [6, 6.07) is 11.3. The number of hydrogen-bond donors (Lipinski definition) is 0. The number of ether oxygens (including phenoxy) is 2. The van der Waals surface area contributed by atoms with Crippen molar-refractivity contribution in [3.05, 3.63) is 48.0 Å². The van der Waals surface area contributed by atoms with Gasteiger partial charge in [0.15, 0.2) is 0 Å². The number of aryl methyl sites for hydroxylation is 1. The van der Waals surface area contributed by atoms with Crippen molar-refractivity contribution in [3.63, 3.8) is 0 Å². The summed E-state index contributed by atoms with van der Waals surface area (Å²) >= 11 is 0. The lowest BCUT2D eigenvalue weighted by Gasteiger charge is -2.10. The molecule has 2 rings (SSSR count). The topological polar surface area (TPSA) is 18.5 Å². The fourth-order valence-corrected chi connectivity index (χ4v) is 1.85.